The molecule has 6 nitrogen and oxygen atoms in total. The van der Waals surface area contributed by atoms with Crippen LogP contribution in [-0.2, 0) is 6.18 Å². The number of para-hydroxylation sites is 2. The molecular weight excluding hydrogens is 465 g/mol. The molecule has 0 aliphatic heterocycles. The Morgan fingerprint density at radius 2 is 1.63 bits per heavy atom. The minimum atomic E-state index is -4.98. The summed E-state index contributed by atoms with van der Waals surface area (Å²) in [4.78, 5) is 25.7. The average Bonchev–Trinajstić information content (AvgIpc) is 3.28. The van der Waals surface area contributed by atoms with Crippen LogP contribution in [0.25, 0.3) is 33.1 Å². The number of methoxy groups -OCH3 is 1. The van der Waals surface area contributed by atoms with Gasteiger partial charge in [0.05, 0.1) is 18.1 Å². The first-order valence-electron chi connectivity index (χ1n) is 10.3. The first-order valence-corrected chi connectivity index (χ1v) is 10.3. The van der Waals surface area contributed by atoms with E-state index in [1.54, 1.807) is 30.3 Å². The lowest BCUT2D eigenvalue weighted by atomic mass is 10.0. The van der Waals surface area contributed by atoms with Gasteiger partial charge in [-0.15, -0.1) is 0 Å². The van der Waals surface area contributed by atoms with Crippen LogP contribution in [0.2, 0.25) is 0 Å². The summed E-state index contributed by atoms with van der Waals surface area (Å²) in [5.74, 6) is -2.47. The number of halogens is 3. The SMILES string of the molecule is COc1ccccc1-c1c(C(F)(F)F)oc2cc(OC(=O)c3cc4ccccc4o3)ccc2c1=O. The highest BCUT2D eigenvalue weighted by atomic mass is 19.4. The average molecular weight is 480 g/mol. The summed E-state index contributed by atoms with van der Waals surface area (Å²) in [7, 11) is 1.29. The molecule has 0 unspecified atom stereocenters. The molecule has 9 heteroatoms. The van der Waals surface area contributed by atoms with E-state index < -0.39 is 34.5 Å². The number of ether oxygens (including phenoxy) is 2. The standard InChI is InChI=1S/C26H15F3O6/c1-32-19-9-5-3-7-16(19)22-23(30)17-11-10-15(13-20(17)35-24(22)26(27,28)29)33-25(31)21-12-14-6-2-4-8-18(14)34-21/h2-13H,1H3. The zero-order valence-electron chi connectivity index (χ0n) is 18.0. The lowest BCUT2D eigenvalue weighted by Gasteiger charge is -2.15. The zero-order chi connectivity index (χ0) is 24.7. The monoisotopic (exact) mass is 480 g/mol. The van der Waals surface area contributed by atoms with Gasteiger partial charge in [0.1, 0.15) is 22.7 Å². The normalized spacial score (nSPS) is 11.7. The van der Waals surface area contributed by atoms with Gasteiger partial charge in [-0.05, 0) is 30.3 Å². The van der Waals surface area contributed by atoms with Crippen LogP contribution in [0.4, 0.5) is 13.2 Å². The van der Waals surface area contributed by atoms with E-state index in [2.05, 4.69) is 0 Å². The fourth-order valence-corrected chi connectivity index (χ4v) is 3.77. The Labute approximate surface area is 195 Å². The Morgan fingerprint density at radius 3 is 2.37 bits per heavy atom. The van der Waals surface area contributed by atoms with Gasteiger partial charge in [0, 0.05) is 17.0 Å². The largest absolute Gasteiger partial charge is 0.496 e. The van der Waals surface area contributed by atoms with E-state index >= 15 is 0 Å². The van der Waals surface area contributed by atoms with Crippen molar-refractivity contribution in [3.05, 3.63) is 94.5 Å². The Bertz CT molecular complexity index is 1610. The number of esters is 1. The quantitative estimate of drug-likeness (QED) is 0.217. The van der Waals surface area contributed by atoms with Crippen molar-refractivity contribution in [2.75, 3.05) is 7.11 Å². The Morgan fingerprint density at radius 1 is 0.886 bits per heavy atom. The number of furan rings is 1. The van der Waals surface area contributed by atoms with Gasteiger partial charge in [-0.3, -0.25) is 4.79 Å². The Kier molecular flexibility index (Phi) is 5.32. The number of carbonyl (C=O) groups excluding carboxylic acids is 1. The molecule has 5 rings (SSSR count). The molecule has 0 radical (unpaired) electrons. The van der Waals surface area contributed by atoms with Crippen LogP contribution in [0, 0.1) is 0 Å². The summed E-state index contributed by atoms with van der Waals surface area (Å²) >= 11 is 0. The van der Waals surface area contributed by atoms with Crippen LogP contribution in [-0.4, -0.2) is 13.1 Å². The van der Waals surface area contributed by atoms with Crippen LogP contribution in [0.3, 0.4) is 0 Å². The molecule has 176 valence electrons. The van der Waals surface area contributed by atoms with Crippen LogP contribution < -0.4 is 14.9 Å². The molecule has 0 saturated heterocycles. The number of fused-ring (bicyclic) bond motifs is 2. The zero-order valence-corrected chi connectivity index (χ0v) is 18.0. The maximum Gasteiger partial charge on any atom is 0.450 e. The van der Waals surface area contributed by atoms with Gasteiger partial charge in [-0.25, -0.2) is 4.79 Å². The summed E-state index contributed by atoms with van der Waals surface area (Å²) < 4.78 is 62.8. The maximum atomic E-state index is 13.9. The van der Waals surface area contributed by atoms with Crippen molar-refractivity contribution in [2.24, 2.45) is 0 Å². The van der Waals surface area contributed by atoms with Crippen molar-refractivity contribution in [2.45, 2.75) is 6.18 Å². The minimum absolute atomic E-state index is 0.0571. The summed E-state index contributed by atoms with van der Waals surface area (Å²) in [5.41, 5.74) is -1.55. The molecule has 5 aromatic rings. The number of alkyl halides is 3. The topological polar surface area (TPSA) is 78.9 Å². The maximum absolute atomic E-state index is 13.9. The van der Waals surface area contributed by atoms with Crippen LogP contribution in [0.15, 0.2) is 86.4 Å². The predicted molar refractivity (Wildman–Crippen MR) is 121 cm³/mol. The van der Waals surface area contributed by atoms with Crippen LogP contribution >= 0.6 is 0 Å². The molecule has 0 aliphatic rings. The second-order valence-electron chi connectivity index (χ2n) is 7.53. The third-order valence-electron chi connectivity index (χ3n) is 5.33. The molecule has 0 amide bonds. The van der Waals surface area contributed by atoms with Gasteiger partial charge in [0.2, 0.25) is 16.9 Å². The van der Waals surface area contributed by atoms with Crippen LogP contribution in [0.1, 0.15) is 16.3 Å². The van der Waals surface area contributed by atoms with E-state index in [9.17, 15) is 22.8 Å². The minimum Gasteiger partial charge on any atom is -0.496 e. The van der Waals surface area contributed by atoms with E-state index in [0.29, 0.717) is 11.0 Å². The highest BCUT2D eigenvalue weighted by Gasteiger charge is 2.40. The molecule has 0 atom stereocenters. The number of benzene rings is 3. The van der Waals surface area contributed by atoms with Crippen LogP contribution in [0.5, 0.6) is 11.5 Å². The van der Waals surface area contributed by atoms with Gasteiger partial charge < -0.3 is 18.3 Å². The third-order valence-corrected chi connectivity index (χ3v) is 5.33. The van der Waals surface area contributed by atoms with Crippen molar-refractivity contribution < 1.29 is 36.3 Å². The highest BCUT2D eigenvalue weighted by Crippen LogP contribution is 2.40. The molecule has 0 saturated carbocycles. The lowest BCUT2D eigenvalue weighted by Crippen LogP contribution is -2.16. The van der Waals surface area contributed by atoms with Gasteiger partial charge >= 0.3 is 12.1 Å². The van der Waals surface area contributed by atoms with Gasteiger partial charge in [-0.1, -0.05) is 36.4 Å². The molecule has 0 fully saturated rings. The number of hydrogen-bond donors (Lipinski definition) is 0. The summed E-state index contributed by atoms with van der Waals surface area (Å²) in [5, 5.41) is 0.560. The fourth-order valence-electron chi connectivity index (χ4n) is 3.77. The number of hydrogen-bond acceptors (Lipinski definition) is 6. The van der Waals surface area contributed by atoms with E-state index in [4.69, 9.17) is 18.3 Å². The number of carbonyl (C=O) groups is 1. The molecule has 0 spiro atoms. The number of rotatable bonds is 4. The Hall–Kier alpha value is -4.53. The van der Waals surface area contributed by atoms with Crippen molar-refractivity contribution in [1.29, 1.82) is 0 Å². The summed E-state index contributed by atoms with van der Waals surface area (Å²) in [6.07, 6.45) is -4.98. The van der Waals surface area contributed by atoms with Gasteiger partial charge in [0.25, 0.3) is 0 Å². The van der Waals surface area contributed by atoms with Crippen molar-refractivity contribution in [3.8, 4) is 22.6 Å². The van der Waals surface area contributed by atoms with E-state index in [1.807, 2.05) is 0 Å². The van der Waals surface area contributed by atoms with Gasteiger partial charge in [-0.2, -0.15) is 13.2 Å². The summed E-state index contributed by atoms with van der Waals surface area (Å²) in [6.45, 7) is 0. The van der Waals surface area contributed by atoms with E-state index in [0.717, 1.165) is 6.07 Å². The summed E-state index contributed by atoms with van der Waals surface area (Å²) in [6, 6.07) is 17.9. The van der Waals surface area contributed by atoms with E-state index in [1.165, 1.54) is 43.5 Å². The molecule has 2 heterocycles. The molecule has 35 heavy (non-hydrogen) atoms. The van der Waals surface area contributed by atoms with Crippen molar-refractivity contribution >= 4 is 27.9 Å². The molecule has 2 aromatic heterocycles. The second kappa shape index (κ2) is 8.35. The van der Waals surface area contributed by atoms with E-state index in [-0.39, 0.29) is 28.2 Å². The fraction of sp³-hybridized carbons (Fsp3) is 0.0769. The van der Waals surface area contributed by atoms with Crippen molar-refractivity contribution in [3.63, 3.8) is 0 Å². The molecule has 0 aliphatic carbocycles. The first kappa shape index (κ1) is 22.3. The lowest BCUT2D eigenvalue weighted by molar-refractivity contribution is -0.152. The predicted octanol–water partition coefficient (Wildman–Crippen LogP) is 6.45. The van der Waals surface area contributed by atoms with Crippen molar-refractivity contribution in [1.82, 2.24) is 0 Å². The molecular formula is C26H15F3O6. The molecule has 0 bridgehead atoms. The smallest absolute Gasteiger partial charge is 0.450 e. The van der Waals surface area contributed by atoms with Gasteiger partial charge in [0.15, 0.2) is 0 Å². The second-order valence-corrected chi connectivity index (χ2v) is 7.53. The molecule has 3 aromatic carbocycles. The Balaban J connectivity index is 1.60. The highest BCUT2D eigenvalue weighted by molar-refractivity contribution is 5.94. The molecule has 0 N–H and O–H groups in total. The first-order chi connectivity index (χ1) is 16.8. The third kappa shape index (κ3) is 4.01.